The van der Waals surface area contributed by atoms with Crippen molar-refractivity contribution in [2.24, 2.45) is 0 Å². The number of benzene rings is 1. The molecule has 1 aliphatic rings. The van der Waals surface area contributed by atoms with E-state index < -0.39 is 0 Å². The molecule has 15 heavy (non-hydrogen) atoms. The number of rotatable bonds is 2. The molecule has 0 aliphatic carbocycles. The predicted molar refractivity (Wildman–Crippen MR) is 70.3 cm³/mol. The normalized spacial score (nSPS) is 20.7. The van der Waals surface area contributed by atoms with Gasteiger partial charge in [-0.05, 0) is 12.0 Å². The van der Waals surface area contributed by atoms with Gasteiger partial charge in [0.05, 0.1) is 22.6 Å². The van der Waals surface area contributed by atoms with Gasteiger partial charge in [0.1, 0.15) is 0 Å². The van der Waals surface area contributed by atoms with Crippen LogP contribution < -0.4 is 10.6 Å². The Labute approximate surface area is 100 Å². The van der Waals surface area contributed by atoms with Crippen LogP contribution in [0.4, 0.5) is 0 Å². The zero-order chi connectivity index (χ0) is 10.7. The highest BCUT2D eigenvalue weighted by atomic mass is 32.1. The first-order valence-electron chi connectivity index (χ1n) is 4.87. The highest BCUT2D eigenvalue weighted by Crippen LogP contribution is 2.06. The minimum Gasteiger partial charge on any atom is -0.371 e. The van der Waals surface area contributed by atoms with Gasteiger partial charge in [-0.1, -0.05) is 54.8 Å². The summed E-state index contributed by atoms with van der Waals surface area (Å²) in [6.45, 7) is 0.666. The fourth-order valence-electron chi connectivity index (χ4n) is 1.60. The average Bonchev–Trinajstić information content (AvgIpc) is 2.25. The van der Waals surface area contributed by atoms with E-state index in [-0.39, 0.29) is 6.04 Å². The number of piperazine rings is 1. The minimum absolute atomic E-state index is 0.142. The summed E-state index contributed by atoms with van der Waals surface area (Å²) in [5.74, 6) is 0. The topological polar surface area (TPSA) is 24.1 Å². The first kappa shape index (κ1) is 10.5. The van der Waals surface area contributed by atoms with Crippen molar-refractivity contribution in [3.8, 4) is 0 Å². The van der Waals surface area contributed by atoms with E-state index in [0.29, 0.717) is 6.54 Å². The first-order valence-corrected chi connectivity index (χ1v) is 5.68. The van der Waals surface area contributed by atoms with Gasteiger partial charge in [-0.2, -0.15) is 0 Å². The second-order valence-electron chi connectivity index (χ2n) is 3.53. The molecule has 2 rings (SSSR count). The zero-order valence-electron chi connectivity index (χ0n) is 8.19. The molecule has 1 heterocycles. The van der Waals surface area contributed by atoms with Gasteiger partial charge in [0.2, 0.25) is 0 Å². The summed E-state index contributed by atoms with van der Waals surface area (Å²) in [7, 11) is 0. The van der Waals surface area contributed by atoms with Crippen LogP contribution in [0.1, 0.15) is 5.56 Å². The predicted octanol–water partition coefficient (Wildman–Crippen LogP) is 1.45. The van der Waals surface area contributed by atoms with Crippen molar-refractivity contribution >= 4 is 34.4 Å². The molecule has 2 nitrogen and oxygen atoms in total. The van der Waals surface area contributed by atoms with Gasteiger partial charge in [-0.15, -0.1) is 0 Å². The van der Waals surface area contributed by atoms with Crippen LogP contribution in [-0.4, -0.2) is 22.6 Å². The number of nitrogens with one attached hydrogen (secondary N) is 2. The van der Waals surface area contributed by atoms with Gasteiger partial charge in [-0.3, -0.25) is 0 Å². The number of thiocarbonyl (C=S) groups is 2. The quantitative estimate of drug-likeness (QED) is 0.759. The first-order chi connectivity index (χ1) is 7.25. The summed E-state index contributed by atoms with van der Waals surface area (Å²) >= 11 is 10.4. The fraction of sp³-hybridized carbons (Fsp3) is 0.273. The molecule has 0 radical (unpaired) electrons. The highest BCUT2D eigenvalue weighted by Gasteiger charge is 2.20. The summed E-state index contributed by atoms with van der Waals surface area (Å²) in [6.07, 6.45) is 0.882. The molecular weight excluding hydrogens is 224 g/mol. The van der Waals surface area contributed by atoms with Crippen molar-refractivity contribution in [1.82, 2.24) is 10.6 Å². The van der Waals surface area contributed by atoms with Gasteiger partial charge in [-0.25, -0.2) is 0 Å². The summed E-state index contributed by atoms with van der Waals surface area (Å²) in [4.78, 5) is 1.69. The van der Waals surface area contributed by atoms with Crippen LogP contribution in [0.5, 0.6) is 0 Å². The Morgan fingerprint density at radius 1 is 1.20 bits per heavy atom. The lowest BCUT2D eigenvalue weighted by atomic mass is 10.0. The fourth-order valence-corrected chi connectivity index (χ4v) is 2.02. The van der Waals surface area contributed by atoms with Crippen LogP contribution in [-0.2, 0) is 6.42 Å². The lowest BCUT2D eigenvalue weighted by Gasteiger charge is -2.27. The third-order valence-corrected chi connectivity index (χ3v) is 3.05. The second-order valence-corrected chi connectivity index (χ2v) is 4.46. The Balaban J connectivity index is 2.05. The Morgan fingerprint density at radius 3 is 2.67 bits per heavy atom. The number of hydrogen-bond donors (Lipinski definition) is 2. The molecule has 1 aromatic carbocycles. The molecule has 1 aromatic rings. The van der Waals surface area contributed by atoms with Crippen LogP contribution in [0.3, 0.4) is 0 Å². The zero-order valence-corrected chi connectivity index (χ0v) is 9.83. The van der Waals surface area contributed by atoms with E-state index >= 15 is 0 Å². The highest BCUT2D eigenvalue weighted by molar-refractivity contribution is 7.81. The molecule has 0 bridgehead atoms. The summed E-state index contributed by atoms with van der Waals surface area (Å²) in [5, 5.41) is 6.37. The van der Waals surface area contributed by atoms with Crippen molar-refractivity contribution in [3.63, 3.8) is 0 Å². The van der Waals surface area contributed by atoms with Crippen molar-refractivity contribution in [2.45, 2.75) is 12.5 Å². The molecule has 0 saturated carbocycles. The maximum absolute atomic E-state index is 5.25. The lowest BCUT2D eigenvalue weighted by Crippen LogP contribution is -2.55. The van der Waals surface area contributed by atoms with E-state index in [1.165, 1.54) is 5.56 Å². The second kappa shape index (κ2) is 4.68. The van der Waals surface area contributed by atoms with Crippen LogP contribution in [0.25, 0.3) is 0 Å². The van der Waals surface area contributed by atoms with Gasteiger partial charge in [0.15, 0.2) is 0 Å². The molecule has 0 amide bonds. The van der Waals surface area contributed by atoms with Crippen LogP contribution in [0.2, 0.25) is 0 Å². The van der Waals surface area contributed by atoms with Crippen LogP contribution in [0, 0.1) is 0 Å². The van der Waals surface area contributed by atoms with E-state index in [1.807, 2.05) is 18.2 Å². The van der Waals surface area contributed by atoms with Crippen molar-refractivity contribution in [1.29, 1.82) is 0 Å². The third-order valence-electron chi connectivity index (χ3n) is 2.36. The molecule has 1 unspecified atom stereocenters. The van der Waals surface area contributed by atoms with E-state index in [4.69, 9.17) is 24.4 Å². The monoisotopic (exact) mass is 236 g/mol. The molecule has 4 heteroatoms. The van der Waals surface area contributed by atoms with E-state index in [2.05, 4.69) is 22.8 Å². The molecule has 1 atom stereocenters. The summed E-state index contributed by atoms with van der Waals surface area (Å²) in [6, 6.07) is 10.4. The smallest absolute Gasteiger partial charge is 0.0986 e. The lowest BCUT2D eigenvalue weighted by molar-refractivity contribution is 0.715. The molecule has 0 spiro atoms. The molecule has 0 aromatic heterocycles. The van der Waals surface area contributed by atoms with Crippen molar-refractivity contribution < 1.29 is 0 Å². The van der Waals surface area contributed by atoms with Gasteiger partial charge in [0.25, 0.3) is 0 Å². The van der Waals surface area contributed by atoms with E-state index in [1.54, 1.807) is 0 Å². The third kappa shape index (κ3) is 2.73. The van der Waals surface area contributed by atoms with Gasteiger partial charge >= 0.3 is 0 Å². The summed E-state index contributed by atoms with van der Waals surface area (Å²) in [5.41, 5.74) is 1.27. The average molecular weight is 236 g/mol. The molecule has 2 N–H and O–H groups in total. The Bertz CT molecular complexity index is 375. The Morgan fingerprint density at radius 2 is 1.93 bits per heavy atom. The van der Waals surface area contributed by atoms with Crippen LogP contribution >= 0.6 is 24.4 Å². The molecule has 1 fully saturated rings. The van der Waals surface area contributed by atoms with Gasteiger partial charge in [0, 0.05) is 0 Å². The minimum atomic E-state index is 0.142. The van der Waals surface area contributed by atoms with Gasteiger partial charge < -0.3 is 10.6 Å². The van der Waals surface area contributed by atoms with Crippen molar-refractivity contribution in [3.05, 3.63) is 35.9 Å². The standard InChI is InChI=1S/C11H12N2S2/c14-10-7-12-11(15)9(13-10)6-8-4-2-1-3-5-8/h1-5,9H,6-7H2,(H,12,15)(H,13,14). The molecule has 78 valence electrons. The molecule has 1 saturated heterocycles. The maximum Gasteiger partial charge on any atom is 0.0986 e. The number of hydrogen-bond acceptors (Lipinski definition) is 2. The van der Waals surface area contributed by atoms with E-state index in [0.717, 1.165) is 16.4 Å². The Hall–Kier alpha value is -1.00. The summed E-state index contributed by atoms with van der Waals surface area (Å²) < 4.78 is 0. The Kier molecular flexibility index (Phi) is 3.28. The van der Waals surface area contributed by atoms with Crippen molar-refractivity contribution in [2.75, 3.05) is 6.54 Å². The largest absolute Gasteiger partial charge is 0.371 e. The van der Waals surface area contributed by atoms with E-state index in [9.17, 15) is 0 Å². The molecular formula is C11H12N2S2. The SMILES string of the molecule is S=C1CNC(=S)C(Cc2ccccc2)N1. The van der Waals surface area contributed by atoms with Crippen LogP contribution in [0.15, 0.2) is 30.3 Å². The maximum atomic E-state index is 5.25. The molecule has 1 aliphatic heterocycles.